The lowest BCUT2D eigenvalue weighted by Crippen LogP contribution is -2.68. The summed E-state index contributed by atoms with van der Waals surface area (Å²) in [6.45, 7) is 13.2. The molecule has 0 unspecified atom stereocenters. The number of rotatable bonds is 5. The molecule has 0 amide bonds. The highest BCUT2D eigenvalue weighted by atomic mass is 16.7. The van der Waals surface area contributed by atoms with Crippen molar-refractivity contribution < 1.29 is 54.4 Å². The van der Waals surface area contributed by atoms with Gasteiger partial charge in [0.25, 0.3) is 0 Å². The molecule has 0 spiro atoms. The summed E-state index contributed by atoms with van der Waals surface area (Å²) in [5.74, 6) is -1.79. The Hall–Kier alpha value is -1.60. The molecule has 0 radical (unpaired) electrons. The number of aliphatic hydroxyl groups excluding tert-OH is 5. The third-order valence-electron chi connectivity index (χ3n) is 15.5. The maximum Gasteiger partial charge on any atom is 0.337 e. The van der Waals surface area contributed by atoms with Crippen LogP contribution >= 0.6 is 0 Å². The summed E-state index contributed by atoms with van der Waals surface area (Å²) < 4.78 is 16.8. The van der Waals surface area contributed by atoms with Crippen LogP contribution in [0.5, 0.6) is 0 Å². The predicted molar refractivity (Wildman–Crippen MR) is 173 cm³/mol. The van der Waals surface area contributed by atoms with Crippen molar-refractivity contribution in [3.63, 3.8) is 0 Å². The lowest BCUT2D eigenvalue weighted by atomic mass is 9.33. The average molecular weight is 679 g/mol. The van der Waals surface area contributed by atoms with E-state index in [9.17, 15) is 40.2 Å². The van der Waals surface area contributed by atoms with Gasteiger partial charge in [0.15, 0.2) is 12.4 Å². The molecule has 6 N–H and O–H groups in total. The van der Waals surface area contributed by atoms with Crippen LogP contribution < -0.4 is 0 Å². The lowest BCUT2D eigenvalue weighted by molar-refractivity contribution is -0.328. The third kappa shape index (κ3) is 4.77. The molecule has 5 aliphatic carbocycles. The summed E-state index contributed by atoms with van der Waals surface area (Å²) in [5.41, 5.74) is -1.59. The van der Waals surface area contributed by atoms with E-state index in [1.165, 1.54) is 5.57 Å². The molecule has 5 fully saturated rings. The Morgan fingerprint density at radius 2 is 1.58 bits per heavy atom. The average Bonchev–Trinajstić information content (AvgIpc) is 3.02. The molecule has 1 aliphatic heterocycles. The molecule has 272 valence electrons. The zero-order valence-corrected chi connectivity index (χ0v) is 29.6. The largest absolute Gasteiger partial charge is 0.481 e. The molecule has 48 heavy (non-hydrogen) atoms. The number of allylic oxidation sites excluding steroid dienone is 2. The van der Waals surface area contributed by atoms with E-state index >= 15 is 0 Å². The van der Waals surface area contributed by atoms with Crippen LogP contribution in [0.25, 0.3) is 0 Å². The molecule has 0 aromatic carbocycles. The van der Waals surface area contributed by atoms with E-state index in [4.69, 9.17) is 14.2 Å². The van der Waals surface area contributed by atoms with Gasteiger partial charge in [0.05, 0.1) is 25.9 Å². The fourth-order valence-electron chi connectivity index (χ4n) is 12.4. The lowest BCUT2D eigenvalue weighted by Gasteiger charge is -2.71. The Kier molecular flexibility index (Phi) is 8.84. The number of carbonyl (C=O) groups excluding carboxylic acids is 1. The Morgan fingerprint density at radius 1 is 0.896 bits per heavy atom. The summed E-state index contributed by atoms with van der Waals surface area (Å²) in [6.07, 6.45) is -1.08. The van der Waals surface area contributed by atoms with Crippen molar-refractivity contribution in [1.29, 1.82) is 0 Å². The first kappa shape index (κ1) is 36.2. The van der Waals surface area contributed by atoms with Crippen molar-refractivity contribution in [2.75, 3.05) is 13.7 Å². The first-order chi connectivity index (χ1) is 22.3. The van der Waals surface area contributed by atoms with Crippen molar-refractivity contribution in [3.05, 3.63) is 11.6 Å². The van der Waals surface area contributed by atoms with Crippen LogP contribution in [0.4, 0.5) is 0 Å². The molecule has 0 aromatic heterocycles. The number of aliphatic hydroxyl groups is 5. The van der Waals surface area contributed by atoms with Crippen molar-refractivity contribution in [2.24, 2.45) is 50.2 Å². The Morgan fingerprint density at radius 3 is 2.21 bits per heavy atom. The second-order valence-corrected chi connectivity index (χ2v) is 18.0. The van der Waals surface area contributed by atoms with Gasteiger partial charge in [-0.05, 0) is 97.2 Å². The number of methoxy groups -OCH3 is 1. The highest BCUT2D eigenvalue weighted by Crippen LogP contribution is 2.76. The minimum Gasteiger partial charge on any atom is -0.481 e. The summed E-state index contributed by atoms with van der Waals surface area (Å²) >= 11 is 0. The van der Waals surface area contributed by atoms with Gasteiger partial charge in [-0.1, -0.05) is 53.2 Å². The maximum absolute atomic E-state index is 13.0. The Labute approximate surface area is 284 Å². The maximum atomic E-state index is 13.0. The van der Waals surface area contributed by atoms with Crippen LogP contribution in [0.3, 0.4) is 0 Å². The first-order valence-corrected chi connectivity index (χ1v) is 17.9. The quantitative estimate of drug-likeness (QED) is 0.143. The van der Waals surface area contributed by atoms with Crippen molar-refractivity contribution >= 4 is 11.9 Å². The molecule has 0 aromatic rings. The number of carbonyl (C=O) groups is 2. The molecule has 4 saturated carbocycles. The van der Waals surface area contributed by atoms with Crippen LogP contribution in [-0.4, -0.2) is 99.2 Å². The van der Waals surface area contributed by atoms with E-state index in [0.29, 0.717) is 19.3 Å². The van der Waals surface area contributed by atoms with Crippen LogP contribution in [0.2, 0.25) is 0 Å². The monoisotopic (exact) mass is 678 g/mol. The van der Waals surface area contributed by atoms with Crippen molar-refractivity contribution in [1.82, 2.24) is 0 Å². The SMILES string of the molecule is COC(=O)[C@H]1O[C@@H](O[C@H]2CC[C@@]3(C)[C@@H](CC[C@]4(C)[C@@H]3CC=C3[C@@H]5CC(C)(C)CC[C@]5(C(=O)O)[C@H](O)C[C@]34C)[C@@]2(C)CO)[C@H](O)[C@@H](O)[C@@H]1O. The molecule has 6 rings (SSSR count). The summed E-state index contributed by atoms with van der Waals surface area (Å²) in [6, 6.07) is 0. The van der Waals surface area contributed by atoms with Gasteiger partial charge < -0.3 is 44.8 Å². The number of carboxylic acids is 1. The third-order valence-corrected chi connectivity index (χ3v) is 15.5. The molecule has 0 bridgehead atoms. The molecule has 1 heterocycles. The number of aliphatic carboxylic acids is 1. The highest BCUT2D eigenvalue weighted by molar-refractivity contribution is 5.78. The molecular formula is C37H58O11. The smallest absolute Gasteiger partial charge is 0.337 e. The summed E-state index contributed by atoms with van der Waals surface area (Å²) in [5, 5.41) is 65.4. The van der Waals surface area contributed by atoms with Gasteiger partial charge in [-0.25, -0.2) is 4.79 Å². The van der Waals surface area contributed by atoms with Crippen LogP contribution in [0, 0.1) is 50.2 Å². The second-order valence-electron chi connectivity index (χ2n) is 18.0. The van der Waals surface area contributed by atoms with Crippen LogP contribution in [0.1, 0.15) is 99.3 Å². The van der Waals surface area contributed by atoms with Crippen molar-refractivity contribution in [3.8, 4) is 0 Å². The van der Waals surface area contributed by atoms with Gasteiger partial charge in [0.1, 0.15) is 23.7 Å². The molecular weight excluding hydrogens is 620 g/mol. The number of ether oxygens (including phenoxy) is 3. The minimum absolute atomic E-state index is 0.0123. The molecule has 1 saturated heterocycles. The molecule has 11 nitrogen and oxygen atoms in total. The molecule has 15 atom stereocenters. The number of fused-ring (bicyclic) bond motifs is 7. The second kappa shape index (κ2) is 11.7. The number of esters is 1. The predicted octanol–water partition coefficient (Wildman–Crippen LogP) is 3.18. The zero-order valence-electron chi connectivity index (χ0n) is 29.6. The molecule has 11 heteroatoms. The Bertz CT molecular complexity index is 1330. The van der Waals surface area contributed by atoms with Crippen LogP contribution in [0.15, 0.2) is 11.6 Å². The first-order valence-electron chi connectivity index (χ1n) is 17.9. The minimum atomic E-state index is -1.69. The van der Waals surface area contributed by atoms with Gasteiger partial charge in [0, 0.05) is 5.41 Å². The fourth-order valence-corrected chi connectivity index (χ4v) is 12.4. The van der Waals surface area contributed by atoms with Gasteiger partial charge in [-0.2, -0.15) is 0 Å². The van der Waals surface area contributed by atoms with E-state index in [-0.39, 0.29) is 40.6 Å². The van der Waals surface area contributed by atoms with E-state index in [2.05, 4.69) is 40.7 Å². The topological polar surface area (TPSA) is 183 Å². The van der Waals surface area contributed by atoms with E-state index < -0.39 is 71.1 Å². The van der Waals surface area contributed by atoms with Crippen LogP contribution in [-0.2, 0) is 23.8 Å². The number of hydrogen-bond acceptors (Lipinski definition) is 10. The standard InChI is InChI=1S/C37H58O11/c1-32(2)14-15-37(31(44)45)20(16-32)19-8-9-22-33(3)12-11-24(47-30-27(42)25(40)26(41)28(48-30)29(43)46-7)34(4,18-38)21(33)10-13-35(22,5)36(19,6)17-23(37)39/h8,20-28,30,38-42H,9-18H2,1-7H3,(H,44,45)/t20-,21+,22+,23+,24-,25-,26-,27+,28-,30+,33-,34+,35+,36+,37+/m0/s1. The van der Waals surface area contributed by atoms with Crippen molar-refractivity contribution in [2.45, 2.75) is 142 Å². The zero-order chi connectivity index (χ0) is 35.4. The normalized spacial score (nSPS) is 52.9. The van der Waals surface area contributed by atoms with Gasteiger partial charge in [-0.3, -0.25) is 4.79 Å². The highest BCUT2D eigenvalue weighted by Gasteiger charge is 2.72. The van der Waals surface area contributed by atoms with E-state index in [1.807, 2.05) is 6.92 Å². The van der Waals surface area contributed by atoms with E-state index in [1.54, 1.807) is 0 Å². The Balaban J connectivity index is 1.32. The van der Waals surface area contributed by atoms with Gasteiger partial charge in [-0.15, -0.1) is 0 Å². The van der Waals surface area contributed by atoms with E-state index in [0.717, 1.165) is 45.6 Å². The van der Waals surface area contributed by atoms with Gasteiger partial charge >= 0.3 is 11.9 Å². The number of carboxylic acid groups (broad SMARTS) is 1. The summed E-state index contributed by atoms with van der Waals surface area (Å²) in [7, 11) is 1.14. The van der Waals surface area contributed by atoms with Gasteiger partial charge in [0.2, 0.25) is 0 Å². The molecule has 6 aliphatic rings. The fraction of sp³-hybridized carbons (Fsp3) is 0.892. The number of hydrogen-bond donors (Lipinski definition) is 6. The summed E-state index contributed by atoms with van der Waals surface area (Å²) in [4.78, 5) is 25.3.